The van der Waals surface area contributed by atoms with Gasteiger partial charge in [-0.1, -0.05) is 71.9 Å². The predicted octanol–water partition coefficient (Wildman–Crippen LogP) is 6.10. The van der Waals surface area contributed by atoms with Crippen molar-refractivity contribution in [2.24, 2.45) is 0 Å². The van der Waals surface area contributed by atoms with E-state index in [0.717, 1.165) is 40.7 Å². The standard InChI is InChI=1S/C31H29NO5/c1-3-35-30(34)31(17-18-31)25-15-13-23(14-16-25)22-9-11-24(12-10-22)29-28(21(2)32-37-29)19-26(33)20-36-27-7-5-4-6-8-27/h4-16H,3,17-20H2,1-2H3. The lowest BCUT2D eigenvalue weighted by Gasteiger charge is -2.14. The average molecular weight is 496 g/mol. The minimum absolute atomic E-state index is 0.0134. The maximum absolute atomic E-state index is 12.6. The Balaban J connectivity index is 1.28. The zero-order chi connectivity index (χ0) is 25.8. The van der Waals surface area contributed by atoms with Gasteiger partial charge in [0.15, 0.2) is 11.5 Å². The van der Waals surface area contributed by atoms with Gasteiger partial charge in [-0.15, -0.1) is 0 Å². The lowest BCUT2D eigenvalue weighted by molar-refractivity contribution is -0.146. The number of rotatable bonds is 10. The highest BCUT2D eigenvalue weighted by Gasteiger charge is 2.52. The fraction of sp³-hybridized carbons (Fsp3) is 0.258. The number of aryl methyl sites for hydroxylation is 1. The Morgan fingerprint density at radius 1 is 0.892 bits per heavy atom. The van der Waals surface area contributed by atoms with E-state index in [1.165, 1.54) is 0 Å². The van der Waals surface area contributed by atoms with Crippen LogP contribution in [0.3, 0.4) is 0 Å². The normalized spacial score (nSPS) is 13.7. The second kappa shape index (κ2) is 10.4. The number of ketones is 1. The van der Waals surface area contributed by atoms with Gasteiger partial charge in [-0.05, 0) is 55.5 Å². The van der Waals surface area contributed by atoms with Gasteiger partial charge in [0.2, 0.25) is 0 Å². The molecule has 6 heteroatoms. The summed E-state index contributed by atoms with van der Waals surface area (Å²) in [5.41, 5.74) is 4.95. The molecule has 0 radical (unpaired) electrons. The van der Waals surface area contributed by atoms with Crippen LogP contribution in [0.4, 0.5) is 0 Å². The largest absolute Gasteiger partial charge is 0.486 e. The zero-order valence-electron chi connectivity index (χ0n) is 21.0. The van der Waals surface area contributed by atoms with Crippen LogP contribution in [-0.2, 0) is 26.2 Å². The topological polar surface area (TPSA) is 78.6 Å². The minimum atomic E-state index is -0.470. The molecule has 0 bridgehead atoms. The highest BCUT2D eigenvalue weighted by molar-refractivity contribution is 5.87. The van der Waals surface area contributed by atoms with Crippen LogP contribution < -0.4 is 4.74 Å². The summed E-state index contributed by atoms with van der Waals surface area (Å²) in [4.78, 5) is 25.0. The summed E-state index contributed by atoms with van der Waals surface area (Å²) in [6, 6.07) is 25.4. The minimum Gasteiger partial charge on any atom is -0.486 e. The van der Waals surface area contributed by atoms with E-state index < -0.39 is 5.41 Å². The molecule has 0 atom stereocenters. The van der Waals surface area contributed by atoms with Crippen molar-refractivity contribution in [3.63, 3.8) is 0 Å². The van der Waals surface area contributed by atoms with E-state index in [2.05, 4.69) is 5.16 Å². The molecule has 37 heavy (non-hydrogen) atoms. The molecule has 0 unspecified atom stereocenters. The Morgan fingerprint density at radius 3 is 2.14 bits per heavy atom. The van der Waals surface area contributed by atoms with Crippen LogP contribution in [0, 0.1) is 6.92 Å². The molecule has 1 heterocycles. The quantitative estimate of drug-likeness (QED) is 0.247. The smallest absolute Gasteiger partial charge is 0.316 e. The fourth-order valence-corrected chi connectivity index (χ4v) is 4.55. The van der Waals surface area contributed by atoms with E-state index in [1.54, 1.807) is 0 Å². The summed E-state index contributed by atoms with van der Waals surface area (Å²) in [5, 5.41) is 4.11. The summed E-state index contributed by atoms with van der Waals surface area (Å²) < 4.78 is 16.5. The number of nitrogens with zero attached hydrogens (tertiary/aromatic N) is 1. The number of aromatic nitrogens is 1. The number of hydrogen-bond donors (Lipinski definition) is 0. The van der Waals surface area contributed by atoms with Crippen molar-refractivity contribution in [3.8, 4) is 28.2 Å². The molecule has 0 aliphatic heterocycles. The second-order valence-corrected chi connectivity index (χ2v) is 9.35. The van der Waals surface area contributed by atoms with Crippen LogP contribution in [0.1, 0.15) is 36.6 Å². The van der Waals surface area contributed by atoms with Crippen molar-refractivity contribution < 1.29 is 23.6 Å². The van der Waals surface area contributed by atoms with Gasteiger partial charge in [-0.25, -0.2) is 0 Å². The molecular formula is C31H29NO5. The Bertz CT molecular complexity index is 1380. The van der Waals surface area contributed by atoms with E-state index in [-0.39, 0.29) is 24.8 Å². The van der Waals surface area contributed by atoms with E-state index in [1.807, 2.05) is 92.7 Å². The van der Waals surface area contributed by atoms with Crippen molar-refractivity contribution in [2.75, 3.05) is 13.2 Å². The summed E-state index contributed by atoms with van der Waals surface area (Å²) in [6.07, 6.45) is 1.85. The third-order valence-corrected chi connectivity index (χ3v) is 6.84. The Labute approximate surface area is 216 Å². The molecule has 0 N–H and O–H groups in total. The van der Waals surface area contributed by atoms with E-state index in [0.29, 0.717) is 23.8 Å². The second-order valence-electron chi connectivity index (χ2n) is 9.35. The van der Waals surface area contributed by atoms with E-state index >= 15 is 0 Å². The van der Waals surface area contributed by atoms with E-state index in [9.17, 15) is 9.59 Å². The van der Waals surface area contributed by atoms with Gasteiger partial charge in [-0.3, -0.25) is 9.59 Å². The highest BCUT2D eigenvalue weighted by atomic mass is 16.5. The van der Waals surface area contributed by atoms with Crippen molar-refractivity contribution in [1.82, 2.24) is 5.16 Å². The summed E-state index contributed by atoms with van der Waals surface area (Å²) in [5.74, 6) is 1.08. The van der Waals surface area contributed by atoms with Crippen LogP contribution in [0.2, 0.25) is 0 Å². The molecule has 0 spiro atoms. The molecule has 3 aromatic carbocycles. The van der Waals surface area contributed by atoms with Gasteiger partial charge < -0.3 is 14.0 Å². The molecular weight excluding hydrogens is 466 g/mol. The maximum atomic E-state index is 12.6. The van der Waals surface area contributed by atoms with E-state index in [4.69, 9.17) is 14.0 Å². The number of benzene rings is 3. The zero-order valence-corrected chi connectivity index (χ0v) is 21.0. The van der Waals surface area contributed by atoms with Crippen LogP contribution in [0.25, 0.3) is 22.5 Å². The Morgan fingerprint density at radius 2 is 1.51 bits per heavy atom. The van der Waals surface area contributed by atoms with Crippen LogP contribution in [-0.4, -0.2) is 30.1 Å². The maximum Gasteiger partial charge on any atom is 0.316 e. The van der Waals surface area contributed by atoms with Crippen LogP contribution >= 0.6 is 0 Å². The fourth-order valence-electron chi connectivity index (χ4n) is 4.55. The van der Waals surface area contributed by atoms with Crippen molar-refractivity contribution in [2.45, 2.75) is 38.5 Å². The first kappa shape index (κ1) is 24.5. The van der Waals surface area contributed by atoms with Gasteiger partial charge in [-0.2, -0.15) is 0 Å². The molecule has 1 saturated carbocycles. The third-order valence-electron chi connectivity index (χ3n) is 6.84. The van der Waals surface area contributed by atoms with Gasteiger partial charge in [0.1, 0.15) is 12.4 Å². The van der Waals surface area contributed by atoms with Crippen LogP contribution in [0.5, 0.6) is 5.75 Å². The number of hydrogen-bond acceptors (Lipinski definition) is 6. The molecule has 0 amide bonds. The van der Waals surface area contributed by atoms with Gasteiger partial charge in [0.25, 0.3) is 0 Å². The summed E-state index contributed by atoms with van der Waals surface area (Å²) >= 11 is 0. The molecule has 5 rings (SSSR count). The molecule has 6 nitrogen and oxygen atoms in total. The number of ether oxygens (including phenoxy) is 2. The first-order valence-corrected chi connectivity index (χ1v) is 12.5. The molecule has 1 aliphatic rings. The summed E-state index contributed by atoms with van der Waals surface area (Å²) in [7, 11) is 0. The Hall–Kier alpha value is -4.19. The van der Waals surface area contributed by atoms with Gasteiger partial charge in [0.05, 0.1) is 17.7 Å². The molecule has 0 saturated heterocycles. The van der Waals surface area contributed by atoms with Crippen LogP contribution in [0.15, 0.2) is 83.4 Å². The van der Waals surface area contributed by atoms with Gasteiger partial charge in [0, 0.05) is 17.5 Å². The molecule has 1 aliphatic carbocycles. The molecule has 1 fully saturated rings. The SMILES string of the molecule is CCOC(=O)C1(c2ccc(-c3ccc(-c4onc(C)c4CC(=O)COc4ccccc4)cc3)cc2)CC1. The first-order chi connectivity index (χ1) is 18.0. The van der Waals surface area contributed by atoms with Crippen molar-refractivity contribution in [1.29, 1.82) is 0 Å². The highest BCUT2D eigenvalue weighted by Crippen LogP contribution is 2.49. The summed E-state index contributed by atoms with van der Waals surface area (Å²) in [6.45, 7) is 4.06. The molecule has 188 valence electrons. The predicted molar refractivity (Wildman–Crippen MR) is 140 cm³/mol. The number of Topliss-reactive ketones (excluding diaryl/α,β-unsaturated/α-hetero) is 1. The number of carbonyl (C=O) groups excluding carboxylic acids is 2. The van der Waals surface area contributed by atoms with Crippen molar-refractivity contribution in [3.05, 3.63) is 95.7 Å². The number of esters is 1. The van der Waals surface area contributed by atoms with Crippen molar-refractivity contribution >= 4 is 11.8 Å². The number of carbonyl (C=O) groups is 2. The monoisotopic (exact) mass is 495 g/mol. The Kier molecular flexibility index (Phi) is 6.91. The third kappa shape index (κ3) is 5.19. The van der Waals surface area contributed by atoms with Gasteiger partial charge >= 0.3 is 5.97 Å². The lowest BCUT2D eigenvalue weighted by Crippen LogP contribution is -2.23. The lowest BCUT2D eigenvalue weighted by atomic mass is 9.93. The molecule has 1 aromatic heterocycles. The first-order valence-electron chi connectivity index (χ1n) is 12.5. The average Bonchev–Trinajstić information content (AvgIpc) is 3.67. The number of para-hydroxylation sites is 1. The molecule has 4 aromatic rings.